The summed E-state index contributed by atoms with van der Waals surface area (Å²) in [5.74, 6) is 0.904. The fourth-order valence-corrected chi connectivity index (χ4v) is 1.17. The van der Waals surface area contributed by atoms with Crippen molar-refractivity contribution >= 4 is 6.21 Å². The number of hydrogen-bond donors (Lipinski definition) is 0. The first-order chi connectivity index (χ1) is 5.64. The maximum absolute atomic E-state index is 4.45. The van der Waals surface area contributed by atoms with E-state index in [0.29, 0.717) is 0 Å². The Morgan fingerprint density at radius 3 is 2.67 bits per heavy atom. The van der Waals surface area contributed by atoms with Gasteiger partial charge in [0.15, 0.2) is 0 Å². The number of hydrogen-bond acceptors (Lipinski definition) is 1. The molecule has 1 aliphatic rings. The Kier molecular flexibility index (Phi) is 3.07. The third-order valence-corrected chi connectivity index (χ3v) is 2.17. The molecule has 0 atom stereocenters. The molecule has 0 aromatic rings. The van der Waals surface area contributed by atoms with Crippen LogP contribution in [0.15, 0.2) is 17.6 Å². The average molecular weight is 165 g/mol. The summed E-state index contributed by atoms with van der Waals surface area (Å²) in [7, 11) is 0. The summed E-state index contributed by atoms with van der Waals surface area (Å²) in [6.45, 7) is 9.18. The fourth-order valence-electron chi connectivity index (χ4n) is 1.17. The van der Waals surface area contributed by atoms with Gasteiger partial charge in [-0.3, -0.25) is 4.99 Å². The van der Waals surface area contributed by atoms with E-state index in [1.54, 1.807) is 0 Å². The molecule has 1 rings (SSSR count). The molecule has 1 aliphatic carbocycles. The molecule has 0 aromatic heterocycles. The van der Waals surface area contributed by atoms with Gasteiger partial charge >= 0.3 is 0 Å². The van der Waals surface area contributed by atoms with E-state index in [2.05, 4.69) is 31.6 Å². The average Bonchev–Trinajstić information content (AvgIpc) is 2.70. The predicted molar refractivity (Wildman–Crippen MR) is 54.7 cm³/mol. The molecule has 0 saturated heterocycles. The Morgan fingerprint density at radius 1 is 1.50 bits per heavy atom. The van der Waals surface area contributed by atoms with Crippen molar-refractivity contribution in [3.05, 3.63) is 12.7 Å². The first-order valence-corrected chi connectivity index (χ1v) is 4.76. The maximum atomic E-state index is 4.45. The van der Waals surface area contributed by atoms with Crippen LogP contribution >= 0.6 is 0 Å². The Hall–Kier alpha value is -0.590. The molecular weight excluding hydrogens is 146 g/mol. The lowest BCUT2D eigenvalue weighted by Crippen LogP contribution is -2.11. The van der Waals surface area contributed by atoms with E-state index in [4.69, 9.17) is 0 Å². The SMILES string of the molecule is C=CCC(C)(C)C=NCC1CC1. The summed E-state index contributed by atoms with van der Waals surface area (Å²) in [4.78, 5) is 4.45. The van der Waals surface area contributed by atoms with Gasteiger partial charge in [0.1, 0.15) is 0 Å². The van der Waals surface area contributed by atoms with Gasteiger partial charge in [-0.1, -0.05) is 19.9 Å². The van der Waals surface area contributed by atoms with Crippen LogP contribution in [-0.2, 0) is 0 Å². The van der Waals surface area contributed by atoms with Gasteiger partial charge in [0.25, 0.3) is 0 Å². The van der Waals surface area contributed by atoms with Crippen LogP contribution in [0.25, 0.3) is 0 Å². The van der Waals surface area contributed by atoms with Crippen LogP contribution in [0.5, 0.6) is 0 Å². The van der Waals surface area contributed by atoms with Crippen molar-refractivity contribution in [1.82, 2.24) is 0 Å². The quantitative estimate of drug-likeness (QED) is 0.438. The van der Waals surface area contributed by atoms with Crippen molar-refractivity contribution in [3.63, 3.8) is 0 Å². The third kappa shape index (κ3) is 3.70. The van der Waals surface area contributed by atoms with E-state index < -0.39 is 0 Å². The summed E-state index contributed by atoms with van der Waals surface area (Å²) in [5.41, 5.74) is 0.205. The van der Waals surface area contributed by atoms with Crippen LogP contribution < -0.4 is 0 Å². The summed E-state index contributed by atoms with van der Waals surface area (Å²) in [6, 6.07) is 0. The van der Waals surface area contributed by atoms with Crippen LogP contribution in [0, 0.1) is 11.3 Å². The van der Waals surface area contributed by atoms with Crippen LogP contribution in [0.2, 0.25) is 0 Å². The normalized spacial score (nSPS) is 18.5. The Labute approximate surface area is 75.6 Å². The molecule has 0 aromatic carbocycles. The second-order valence-electron chi connectivity index (χ2n) is 4.42. The van der Waals surface area contributed by atoms with Gasteiger partial charge in [-0.15, -0.1) is 6.58 Å². The maximum Gasteiger partial charge on any atom is 0.0413 e. The van der Waals surface area contributed by atoms with E-state index in [1.807, 2.05) is 6.08 Å². The molecule has 1 nitrogen and oxygen atoms in total. The lowest BCUT2D eigenvalue weighted by atomic mass is 9.91. The van der Waals surface area contributed by atoms with Crippen molar-refractivity contribution in [2.75, 3.05) is 6.54 Å². The smallest absolute Gasteiger partial charge is 0.0413 e. The number of rotatable bonds is 5. The van der Waals surface area contributed by atoms with Gasteiger partial charge in [0.2, 0.25) is 0 Å². The van der Waals surface area contributed by atoms with Crippen molar-refractivity contribution in [1.29, 1.82) is 0 Å². The molecule has 0 heterocycles. The van der Waals surface area contributed by atoms with Gasteiger partial charge in [0.05, 0.1) is 0 Å². The number of allylic oxidation sites excluding steroid dienone is 1. The second kappa shape index (κ2) is 3.88. The minimum Gasteiger partial charge on any atom is -0.297 e. The molecule has 68 valence electrons. The first-order valence-electron chi connectivity index (χ1n) is 4.76. The van der Waals surface area contributed by atoms with Crippen LogP contribution in [0.1, 0.15) is 33.1 Å². The molecular formula is C11H19N. The third-order valence-electron chi connectivity index (χ3n) is 2.17. The molecule has 1 fully saturated rings. The fraction of sp³-hybridized carbons (Fsp3) is 0.727. The lowest BCUT2D eigenvalue weighted by Gasteiger charge is -2.15. The predicted octanol–water partition coefficient (Wildman–Crippen LogP) is 3.07. The number of aliphatic imine (C=N–C) groups is 1. The molecule has 0 aliphatic heterocycles. The molecule has 0 radical (unpaired) electrons. The van der Waals surface area contributed by atoms with Gasteiger partial charge in [-0.25, -0.2) is 0 Å². The zero-order chi connectivity index (χ0) is 9.03. The topological polar surface area (TPSA) is 12.4 Å². The van der Waals surface area contributed by atoms with Crippen molar-refractivity contribution < 1.29 is 0 Å². The molecule has 0 spiro atoms. The Morgan fingerprint density at radius 2 is 2.17 bits per heavy atom. The van der Waals surface area contributed by atoms with Crippen molar-refractivity contribution in [2.24, 2.45) is 16.3 Å². The van der Waals surface area contributed by atoms with E-state index in [1.165, 1.54) is 12.8 Å². The van der Waals surface area contributed by atoms with Crippen LogP contribution in [0.3, 0.4) is 0 Å². The minimum absolute atomic E-state index is 0.205. The highest BCUT2D eigenvalue weighted by atomic mass is 14.7. The monoisotopic (exact) mass is 165 g/mol. The van der Waals surface area contributed by atoms with E-state index in [0.717, 1.165) is 18.9 Å². The van der Waals surface area contributed by atoms with Crippen molar-refractivity contribution in [2.45, 2.75) is 33.1 Å². The molecule has 0 bridgehead atoms. The van der Waals surface area contributed by atoms with E-state index in [9.17, 15) is 0 Å². The number of nitrogens with zero attached hydrogens (tertiary/aromatic N) is 1. The molecule has 1 heteroatoms. The molecule has 0 unspecified atom stereocenters. The lowest BCUT2D eigenvalue weighted by molar-refractivity contribution is 0.543. The highest BCUT2D eigenvalue weighted by molar-refractivity contribution is 5.64. The van der Waals surface area contributed by atoms with Gasteiger partial charge in [-0.05, 0) is 25.2 Å². The largest absolute Gasteiger partial charge is 0.297 e. The highest BCUT2D eigenvalue weighted by Crippen LogP contribution is 2.29. The molecule has 1 saturated carbocycles. The van der Waals surface area contributed by atoms with Crippen molar-refractivity contribution in [3.8, 4) is 0 Å². The van der Waals surface area contributed by atoms with Gasteiger partial charge in [-0.2, -0.15) is 0 Å². The van der Waals surface area contributed by atoms with Gasteiger partial charge < -0.3 is 0 Å². The Bertz CT molecular complexity index is 175. The van der Waals surface area contributed by atoms with E-state index in [-0.39, 0.29) is 5.41 Å². The second-order valence-corrected chi connectivity index (χ2v) is 4.42. The summed E-state index contributed by atoms with van der Waals surface area (Å²) in [6.07, 6.45) is 7.84. The molecule has 12 heavy (non-hydrogen) atoms. The highest BCUT2D eigenvalue weighted by Gasteiger charge is 2.20. The van der Waals surface area contributed by atoms with Gasteiger partial charge in [0, 0.05) is 18.2 Å². The summed E-state index contributed by atoms with van der Waals surface area (Å²) < 4.78 is 0. The Balaban J connectivity index is 2.24. The molecule has 0 N–H and O–H groups in total. The standard InChI is InChI=1S/C11H19N/c1-4-7-11(2,3)9-12-8-10-5-6-10/h4,9-10H,1,5-8H2,2-3H3. The zero-order valence-corrected chi connectivity index (χ0v) is 8.21. The zero-order valence-electron chi connectivity index (χ0n) is 8.21. The summed E-state index contributed by atoms with van der Waals surface area (Å²) >= 11 is 0. The van der Waals surface area contributed by atoms with E-state index >= 15 is 0 Å². The molecule has 0 amide bonds. The van der Waals surface area contributed by atoms with Crippen LogP contribution in [-0.4, -0.2) is 12.8 Å². The first kappa shape index (κ1) is 9.50. The minimum atomic E-state index is 0.205. The summed E-state index contributed by atoms with van der Waals surface area (Å²) in [5, 5.41) is 0. The van der Waals surface area contributed by atoms with Crippen LogP contribution in [0.4, 0.5) is 0 Å².